The van der Waals surface area contributed by atoms with Crippen LogP contribution in [0.15, 0.2) is 23.3 Å². The van der Waals surface area contributed by atoms with E-state index in [0.29, 0.717) is 16.7 Å². The Labute approximate surface area is 190 Å². The van der Waals surface area contributed by atoms with E-state index in [1.54, 1.807) is 19.6 Å². The minimum Gasteiger partial charge on any atom is -0.462 e. The second-order valence-electron chi connectivity index (χ2n) is 11.8. The number of carbonyl (C=O) groups excluding carboxylic acids is 1. The highest BCUT2D eigenvalue weighted by atomic mass is 16.5. The molecule has 0 aromatic carbocycles. The molecule has 0 bridgehead atoms. The number of hydrogen-bond donors (Lipinski definition) is 0. The van der Waals surface area contributed by atoms with Crippen molar-refractivity contribution in [2.45, 2.75) is 92.1 Å². The molecule has 4 aliphatic carbocycles. The number of rotatable bonds is 5. The van der Waals surface area contributed by atoms with Crippen molar-refractivity contribution in [1.29, 1.82) is 0 Å². The van der Waals surface area contributed by atoms with E-state index in [1.807, 2.05) is 0 Å². The van der Waals surface area contributed by atoms with Gasteiger partial charge in [0.1, 0.15) is 6.10 Å². The summed E-state index contributed by atoms with van der Waals surface area (Å²) in [4.78, 5) is 11.5. The van der Waals surface area contributed by atoms with Crippen molar-refractivity contribution in [3.05, 3.63) is 23.3 Å². The maximum Gasteiger partial charge on any atom is 0.302 e. The highest BCUT2D eigenvalue weighted by Gasteiger charge is 2.59. The Bertz CT molecular complexity index is 751. The molecule has 0 aromatic heterocycles. The number of carbonyl (C=O) groups is 1. The van der Waals surface area contributed by atoms with Crippen molar-refractivity contribution in [2.75, 3.05) is 13.7 Å². The Hall–Kier alpha value is -1.09. The Morgan fingerprint density at radius 3 is 2.65 bits per heavy atom. The lowest BCUT2D eigenvalue weighted by atomic mass is 9.47. The number of ether oxygens (including phenoxy) is 2. The summed E-state index contributed by atoms with van der Waals surface area (Å²) < 4.78 is 11.0. The summed E-state index contributed by atoms with van der Waals surface area (Å²) in [5, 5.41) is 0. The van der Waals surface area contributed by atoms with Gasteiger partial charge in [-0.1, -0.05) is 44.1 Å². The third-order valence-electron chi connectivity index (χ3n) is 10.0. The molecule has 0 N–H and O–H groups in total. The zero-order valence-corrected chi connectivity index (χ0v) is 20.7. The number of fused-ring (bicyclic) bond motifs is 5. The number of esters is 1. The molecule has 0 heterocycles. The predicted octanol–water partition coefficient (Wildman–Crippen LogP) is 6.73. The summed E-state index contributed by atoms with van der Waals surface area (Å²) in [6.45, 7) is 12.1. The average Bonchev–Trinajstić information content (AvgIpc) is 3.05. The largest absolute Gasteiger partial charge is 0.462 e. The zero-order chi connectivity index (χ0) is 22.4. The molecule has 4 rings (SSSR count). The van der Waals surface area contributed by atoms with E-state index in [9.17, 15) is 4.79 Å². The second-order valence-corrected chi connectivity index (χ2v) is 11.8. The summed E-state index contributed by atoms with van der Waals surface area (Å²) in [5.74, 6) is 3.80. The quantitative estimate of drug-likeness (QED) is 0.360. The normalized spacial score (nSPS) is 43.4. The molecule has 31 heavy (non-hydrogen) atoms. The smallest absolute Gasteiger partial charge is 0.302 e. The fourth-order valence-corrected chi connectivity index (χ4v) is 8.71. The van der Waals surface area contributed by atoms with Gasteiger partial charge in [-0.2, -0.15) is 0 Å². The van der Waals surface area contributed by atoms with E-state index in [0.717, 1.165) is 43.1 Å². The van der Waals surface area contributed by atoms with Gasteiger partial charge in [0.15, 0.2) is 0 Å². The lowest BCUT2D eigenvalue weighted by molar-refractivity contribution is -0.148. The third-order valence-corrected chi connectivity index (χ3v) is 10.0. The summed E-state index contributed by atoms with van der Waals surface area (Å²) in [6.07, 6.45) is 15.1. The Balaban J connectivity index is 1.52. The molecule has 3 unspecified atom stereocenters. The van der Waals surface area contributed by atoms with E-state index >= 15 is 0 Å². The minimum atomic E-state index is -0.128. The Morgan fingerprint density at radius 1 is 1.16 bits per heavy atom. The lowest BCUT2D eigenvalue weighted by Crippen LogP contribution is -2.51. The van der Waals surface area contributed by atoms with Crippen LogP contribution in [0.5, 0.6) is 0 Å². The molecule has 3 heteroatoms. The highest BCUT2D eigenvalue weighted by Crippen LogP contribution is 2.67. The lowest BCUT2D eigenvalue weighted by Gasteiger charge is -2.58. The van der Waals surface area contributed by atoms with Crippen LogP contribution in [0.2, 0.25) is 0 Å². The average molecular weight is 429 g/mol. The minimum absolute atomic E-state index is 0.0982. The van der Waals surface area contributed by atoms with Gasteiger partial charge in [-0.3, -0.25) is 4.79 Å². The van der Waals surface area contributed by atoms with Gasteiger partial charge in [0, 0.05) is 20.5 Å². The van der Waals surface area contributed by atoms with Crippen LogP contribution in [-0.4, -0.2) is 25.8 Å². The van der Waals surface area contributed by atoms with E-state index in [-0.39, 0.29) is 12.1 Å². The molecular weight excluding hydrogens is 384 g/mol. The van der Waals surface area contributed by atoms with Gasteiger partial charge in [0.2, 0.25) is 0 Å². The predicted molar refractivity (Wildman–Crippen MR) is 126 cm³/mol. The van der Waals surface area contributed by atoms with Crippen LogP contribution in [0.4, 0.5) is 0 Å². The standard InChI is InChI=1S/C28H44O3/c1-18(17-30-6)15-19(2)24-9-10-25-23-8-7-21-16-22(31-20(3)29)11-13-27(21,4)26(23)12-14-28(24,25)5/h7,15,19,22-26H,8-14,16-17H2,1-6H3/b18-15-/t19-,22+,23?,24-,25?,26?,27+,28-/m1/s1. The van der Waals surface area contributed by atoms with E-state index in [2.05, 4.69) is 39.8 Å². The van der Waals surface area contributed by atoms with Crippen molar-refractivity contribution < 1.29 is 14.3 Å². The SMILES string of the molecule is COC/C(C)=C\[C@@H](C)[C@H]1CCC2C3CC=C4C[C@@H](OC(C)=O)CC[C@]4(C)C3CC[C@@]21C. The molecule has 8 atom stereocenters. The van der Waals surface area contributed by atoms with Crippen LogP contribution in [0.3, 0.4) is 0 Å². The molecule has 0 aliphatic heterocycles. The molecule has 174 valence electrons. The van der Waals surface area contributed by atoms with Crippen molar-refractivity contribution in [1.82, 2.24) is 0 Å². The Morgan fingerprint density at radius 2 is 1.94 bits per heavy atom. The molecule has 3 saturated carbocycles. The summed E-state index contributed by atoms with van der Waals surface area (Å²) in [5.41, 5.74) is 3.76. The third kappa shape index (κ3) is 4.05. The van der Waals surface area contributed by atoms with Crippen LogP contribution in [0.25, 0.3) is 0 Å². The van der Waals surface area contributed by atoms with Crippen molar-refractivity contribution in [3.63, 3.8) is 0 Å². The zero-order valence-electron chi connectivity index (χ0n) is 20.7. The molecule has 4 aliphatic rings. The van der Waals surface area contributed by atoms with Gasteiger partial charge in [-0.25, -0.2) is 0 Å². The van der Waals surface area contributed by atoms with E-state index in [1.165, 1.54) is 44.1 Å². The van der Waals surface area contributed by atoms with Crippen molar-refractivity contribution >= 4 is 5.97 Å². The van der Waals surface area contributed by atoms with E-state index in [4.69, 9.17) is 9.47 Å². The first kappa shape index (κ1) is 23.1. The van der Waals surface area contributed by atoms with Crippen LogP contribution >= 0.6 is 0 Å². The maximum absolute atomic E-state index is 11.5. The second kappa shape index (κ2) is 8.69. The molecule has 0 aromatic rings. The van der Waals surface area contributed by atoms with Crippen molar-refractivity contribution in [2.24, 2.45) is 40.4 Å². The summed E-state index contributed by atoms with van der Waals surface area (Å²) in [6, 6.07) is 0. The first-order valence-electron chi connectivity index (χ1n) is 12.7. The van der Waals surface area contributed by atoms with Gasteiger partial charge >= 0.3 is 5.97 Å². The number of allylic oxidation sites excluding steroid dienone is 2. The molecular formula is C28H44O3. The fourth-order valence-electron chi connectivity index (χ4n) is 8.71. The van der Waals surface area contributed by atoms with Gasteiger partial charge in [-0.15, -0.1) is 0 Å². The molecule has 0 amide bonds. The molecule has 0 spiro atoms. The number of methoxy groups -OCH3 is 1. The highest BCUT2D eigenvalue weighted by molar-refractivity contribution is 5.66. The van der Waals surface area contributed by atoms with Crippen LogP contribution in [-0.2, 0) is 14.3 Å². The van der Waals surface area contributed by atoms with Crippen LogP contribution in [0.1, 0.15) is 86.0 Å². The number of hydrogen-bond acceptors (Lipinski definition) is 3. The van der Waals surface area contributed by atoms with Gasteiger partial charge in [-0.05, 0) is 92.3 Å². The molecule has 0 radical (unpaired) electrons. The molecule has 3 nitrogen and oxygen atoms in total. The van der Waals surface area contributed by atoms with Gasteiger partial charge < -0.3 is 9.47 Å². The van der Waals surface area contributed by atoms with Gasteiger partial charge in [0.25, 0.3) is 0 Å². The van der Waals surface area contributed by atoms with Crippen LogP contribution < -0.4 is 0 Å². The molecule has 3 fully saturated rings. The summed E-state index contributed by atoms with van der Waals surface area (Å²) in [7, 11) is 1.79. The van der Waals surface area contributed by atoms with E-state index < -0.39 is 0 Å². The molecule has 0 saturated heterocycles. The fraction of sp³-hybridized carbons (Fsp3) is 0.821. The Kier molecular flexibility index (Phi) is 6.47. The van der Waals surface area contributed by atoms with Crippen molar-refractivity contribution in [3.8, 4) is 0 Å². The first-order chi connectivity index (χ1) is 14.7. The van der Waals surface area contributed by atoms with Crippen LogP contribution in [0, 0.1) is 40.4 Å². The monoisotopic (exact) mass is 428 g/mol. The topological polar surface area (TPSA) is 35.5 Å². The maximum atomic E-state index is 11.5. The summed E-state index contributed by atoms with van der Waals surface area (Å²) >= 11 is 0. The first-order valence-corrected chi connectivity index (χ1v) is 12.7. The van der Waals surface area contributed by atoms with Gasteiger partial charge in [0.05, 0.1) is 6.61 Å².